The van der Waals surface area contributed by atoms with Gasteiger partial charge in [0.25, 0.3) is 5.78 Å². The van der Waals surface area contributed by atoms with Crippen LogP contribution in [0.25, 0.3) is 0 Å². The Hall–Kier alpha value is -1.52. The van der Waals surface area contributed by atoms with Crippen molar-refractivity contribution < 1.29 is 9.59 Å². The van der Waals surface area contributed by atoms with Gasteiger partial charge in [0, 0.05) is 6.07 Å². The van der Waals surface area contributed by atoms with Gasteiger partial charge in [-0.1, -0.05) is 12.1 Å². The lowest BCUT2D eigenvalue weighted by atomic mass is 10.1. The molecule has 1 atom stereocenters. The number of nitrogens with zero attached hydrogens (tertiary/aromatic N) is 1. The van der Waals surface area contributed by atoms with Gasteiger partial charge in [0.05, 0.1) is 12.1 Å². The average Bonchev–Trinajstić information content (AvgIpc) is 2.43. The summed E-state index contributed by atoms with van der Waals surface area (Å²) < 4.78 is -1.14. The van der Waals surface area contributed by atoms with Gasteiger partial charge in [-0.25, -0.2) is 4.79 Å². The van der Waals surface area contributed by atoms with Gasteiger partial charge in [-0.05, 0) is 13.0 Å². The van der Waals surface area contributed by atoms with Crippen LogP contribution in [-0.2, 0) is 4.79 Å². The molecule has 0 radical (unpaired) electrons. The number of benzene rings is 1. The van der Waals surface area contributed by atoms with E-state index in [1.165, 1.54) is 12.1 Å². The molecule has 0 bridgehead atoms. The van der Waals surface area contributed by atoms with Crippen LogP contribution in [0.2, 0.25) is 0 Å². The first kappa shape index (κ1) is 9.05. The van der Waals surface area contributed by atoms with Crippen LogP contribution in [0.3, 0.4) is 0 Å². The van der Waals surface area contributed by atoms with Crippen LogP contribution >= 0.6 is 0 Å². The van der Waals surface area contributed by atoms with E-state index in [2.05, 4.69) is 0 Å². The first-order valence-electron chi connectivity index (χ1n) is 4.39. The number of para-hydroxylation sites is 1. The lowest BCUT2D eigenvalue weighted by Gasteiger charge is -2.33. The summed E-state index contributed by atoms with van der Waals surface area (Å²) in [6, 6.07) is 6.36. The van der Waals surface area contributed by atoms with E-state index in [1.54, 1.807) is 19.1 Å². The fraction of sp³-hybridized carbons (Fsp3) is 0.200. The van der Waals surface area contributed by atoms with E-state index < -0.39 is 16.3 Å². The van der Waals surface area contributed by atoms with Gasteiger partial charge in [-0.15, -0.1) is 0 Å². The van der Waals surface area contributed by atoms with Gasteiger partial charge < -0.3 is 5.21 Å². The molecule has 1 aromatic rings. The molecule has 0 N–H and O–H groups in total. The maximum atomic E-state index is 12.0. The zero-order valence-electron chi connectivity index (χ0n) is 7.69. The molecule has 4 nitrogen and oxygen atoms in total. The zero-order valence-corrected chi connectivity index (χ0v) is 7.69. The number of carbonyl (C=O) groups is 2. The maximum Gasteiger partial charge on any atom is 0.392 e. The van der Waals surface area contributed by atoms with Gasteiger partial charge in [0.1, 0.15) is 0 Å². The van der Waals surface area contributed by atoms with Crippen LogP contribution in [0.15, 0.2) is 24.3 Å². The lowest BCUT2D eigenvalue weighted by molar-refractivity contribution is -0.122. The zero-order chi connectivity index (χ0) is 10.3. The van der Waals surface area contributed by atoms with Gasteiger partial charge in [0.2, 0.25) is 0 Å². The second-order valence-electron chi connectivity index (χ2n) is 3.21. The Kier molecular flexibility index (Phi) is 1.77. The molecule has 0 spiro atoms. The Morgan fingerprint density at radius 2 is 1.93 bits per heavy atom. The number of ketones is 1. The van der Waals surface area contributed by atoms with Crippen LogP contribution in [0.1, 0.15) is 17.3 Å². The van der Waals surface area contributed by atoms with Gasteiger partial charge in [0.15, 0.2) is 5.69 Å². The van der Waals surface area contributed by atoms with Crippen molar-refractivity contribution in [2.75, 3.05) is 6.54 Å². The number of hydrogen-bond acceptors (Lipinski definition) is 3. The SMILES string of the molecule is CC[N+]1([O-])C(=O)C(=O)c2ccccc21. The van der Waals surface area contributed by atoms with Crippen molar-refractivity contribution in [1.82, 2.24) is 4.65 Å². The molecular formula is C10H9NO3. The van der Waals surface area contributed by atoms with Crippen molar-refractivity contribution in [2.24, 2.45) is 0 Å². The molecular weight excluding hydrogens is 182 g/mol. The third kappa shape index (κ3) is 0.893. The summed E-state index contributed by atoms with van der Waals surface area (Å²) in [5.74, 6) is -1.55. The van der Waals surface area contributed by atoms with E-state index in [0.29, 0.717) is 0 Å². The van der Waals surface area contributed by atoms with E-state index in [0.717, 1.165) is 0 Å². The summed E-state index contributed by atoms with van der Waals surface area (Å²) in [6.07, 6.45) is 0. The summed E-state index contributed by atoms with van der Waals surface area (Å²) >= 11 is 0. The van der Waals surface area contributed by atoms with Gasteiger partial charge in [-0.2, -0.15) is 0 Å². The van der Waals surface area contributed by atoms with E-state index in [1.807, 2.05) is 0 Å². The number of carbonyl (C=O) groups excluding carboxylic acids is 2. The van der Waals surface area contributed by atoms with Crippen molar-refractivity contribution in [3.05, 3.63) is 35.0 Å². The normalized spacial score (nSPS) is 25.3. The minimum absolute atomic E-state index is 0.0571. The monoisotopic (exact) mass is 191 g/mol. The molecule has 1 unspecified atom stereocenters. The molecule has 1 aliphatic heterocycles. The molecule has 2 rings (SSSR count). The molecule has 1 aliphatic rings. The fourth-order valence-corrected chi connectivity index (χ4v) is 1.68. The number of hydroxylamine groups is 2. The molecule has 0 aliphatic carbocycles. The molecule has 1 amide bonds. The van der Waals surface area contributed by atoms with E-state index in [4.69, 9.17) is 0 Å². The summed E-state index contributed by atoms with van der Waals surface area (Å²) in [5, 5.41) is 12.0. The Balaban J connectivity index is 2.71. The standard InChI is InChI=1S/C10H9NO3/c1-2-11(14)8-6-4-3-5-7(8)9(12)10(11)13/h3-6H,2H2,1H3. The molecule has 14 heavy (non-hydrogen) atoms. The summed E-state index contributed by atoms with van der Waals surface area (Å²) in [4.78, 5) is 22.8. The molecule has 72 valence electrons. The van der Waals surface area contributed by atoms with Crippen molar-refractivity contribution in [1.29, 1.82) is 0 Å². The van der Waals surface area contributed by atoms with Crippen molar-refractivity contribution in [2.45, 2.75) is 6.92 Å². The highest BCUT2D eigenvalue weighted by Gasteiger charge is 2.45. The Labute approximate surface area is 80.9 Å². The molecule has 1 heterocycles. The highest BCUT2D eigenvalue weighted by molar-refractivity contribution is 6.50. The molecule has 1 aromatic carbocycles. The topological polar surface area (TPSA) is 57.2 Å². The third-order valence-corrected chi connectivity index (χ3v) is 2.51. The molecule has 0 saturated heterocycles. The number of hydrogen-bond donors (Lipinski definition) is 0. The predicted octanol–water partition coefficient (Wildman–Crippen LogP) is 1.23. The number of fused-ring (bicyclic) bond motifs is 1. The Bertz CT molecular complexity index is 427. The lowest BCUT2D eigenvalue weighted by Crippen LogP contribution is -2.47. The number of rotatable bonds is 1. The highest BCUT2D eigenvalue weighted by Crippen LogP contribution is 2.34. The Morgan fingerprint density at radius 1 is 1.29 bits per heavy atom. The molecule has 4 heteroatoms. The van der Waals surface area contributed by atoms with Crippen LogP contribution < -0.4 is 4.65 Å². The van der Waals surface area contributed by atoms with Crippen LogP contribution in [-0.4, -0.2) is 18.2 Å². The number of amides is 1. The highest BCUT2D eigenvalue weighted by atomic mass is 16.6. The largest absolute Gasteiger partial charge is 0.619 e. The Morgan fingerprint density at radius 3 is 2.57 bits per heavy atom. The van der Waals surface area contributed by atoms with E-state index in [-0.39, 0.29) is 17.8 Å². The summed E-state index contributed by atoms with van der Waals surface area (Å²) in [5.41, 5.74) is 0.513. The van der Waals surface area contributed by atoms with Crippen LogP contribution in [0.4, 0.5) is 5.69 Å². The van der Waals surface area contributed by atoms with Crippen LogP contribution in [0, 0.1) is 5.21 Å². The number of Topliss-reactive ketones (excluding diaryl/α,β-unsaturated/α-hetero) is 1. The molecule has 0 fully saturated rings. The first-order chi connectivity index (χ1) is 6.61. The third-order valence-electron chi connectivity index (χ3n) is 2.51. The van der Waals surface area contributed by atoms with E-state index >= 15 is 0 Å². The van der Waals surface area contributed by atoms with Crippen molar-refractivity contribution in [3.63, 3.8) is 0 Å². The van der Waals surface area contributed by atoms with Gasteiger partial charge in [-0.3, -0.25) is 9.44 Å². The molecule has 0 saturated carbocycles. The average molecular weight is 191 g/mol. The second-order valence-corrected chi connectivity index (χ2v) is 3.21. The van der Waals surface area contributed by atoms with Crippen molar-refractivity contribution in [3.8, 4) is 0 Å². The second kappa shape index (κ2) is 2.73. The van der Waals surface area contributed by atoms with Gasteiger partial charge >= 0.3 is 5.91 Å². The van der Waals surface area contributed by atoms with Crippen molar-refractivity contribution >= 4 is 17.4 Å². The van der Waals surface area contributed by atoms with E-state index in [9.17, 15) is 14.8 Å². The predicted molar refractivity (Wildman–Crippen MR) is 51.5 cm³/mol. The number of quaternary nitrogens is 1. The summed E-state index contributed by atoms with van der Waals surface area (Å²) in [6.45, 7) is 1.65. The quantitative estimate of drug-likeness (QED) is 0.381. The fourth-order valence-electron chi connectivity index (χ4n) is 1.68. The smallest absolute Gasteiger partial charge is 0.392 e. The number of likely N-dealkylation sites (N-methyl/N-ethyl adjacent to an activating group) is 1. The maximum absolute atomic E-state index is 12.0. The summed E-state index contributed by atoms with van der Waals surface area (Å²) in [7, 11) is 0. The first-order valence-corrected chi connectivity index (χ1v) is 4.39. The molecule has 0 aromatic heterocycles. The minimum atomic E-state index is -1.14. The minimum Gasteiger partial charge on any atom is -0.619 e. The van der Waals surface area contributed by atoms with Crippen LogP contribution in [0.5, 0.6) is 0 Å².